The topological polar surface area (TPSA) is 70.9 Å². The van der Waals surface area contributed by atoms with Gasteiger partial charge in [0.15, 0.2) is 0 Å². The molecule has 0 heterocycles. The summed E-state index contributed by atoms with van der Waals surface area (Å²) in [5, 5.41) is 13.0. The Morgan fingerprint density at radius 1 is 1.56 bits per heavy atom. The first-order valence-electron chi connectivity index (χ1n) is 5.37. The van der Waals surface area contributed by atoms with Crippen molar-refractivity contribution in [2.75, 3.05) is 13.7 Å². The van der Waals surface area contributed by atoms with Gasteiger partial charge in [0.05, 0.1) is 7.11 Å². The van der Waals surface area contributed by atoms with Crippen molar-refractivity contribution in [1.82, 2.24) is 5.43 Å². The molecule has 0 aliphatic heterocycles. The Hall–Kier alpha value is -1.75. The summed E-state index contributed by atoms with van der Waals surface area (Å²) in [6.07, 6.45) is 0.639. The summed E-state index contributed by atoms with van der Waals surface area (Å²) in [6, 6.07) is 5.36. The number of hydrogen-bond acceptors (Lipinski definition) is 4. The van der Waals surface area contributed by atoms with E-state index in [-0.39, 0.29) is 5.71 Å². The van der Waals surface area contributed by atoms with Gasteiger partial charge in [-0.2, -0.15) is 5.10 Å². The number of carboxylic acids is 1. The summed E-state index contributed by atoms with van der Waals surface area (Å²) in [5.74, 6) is -0.289. The lowest BCUT2D eigenvalue weighted by Crippen LogP contribution is -2.17. The predicted molar refractivity (Wildman–Crippen MR) is 70.5 cm³/mol. The van der Waals surface area contributed by atoms with E-state index in [1.165, 1.54) is 6.92 Å². The second-order valence-corrected chi connectivity index (χ2v) is 4.05. The monoisotopic (exact) mass is 270 g/mol. The molecule has 0 aromatic heterocycles. The second kappa shape index (κ2) is 6.86. The predicted octanol–water partition coefficient (Wildman–Crippen LogP) is 1.94. The van der Waals surface area contributed by atoms with Crippen molar-refractivity contribution in [1.29, 1.82) is 0 Å². The lowest BCUT2D eigenvalue weighted by Gasteiger charge is -2.08. The Morgan fingerprint density at radius 2 is 2.28 bits per heavy atom. The molecular formula is C12H15ClN2O3. The van der Waals surface area contributed by atoms with E-state index >= 15 is 0 Å². The Labute approximate surface area is 110 Å². The first kappa shape index (κ1) is 14.3. The second-order valence-electron chi connectivity index (χ2n) is 3.62. The number of halogens is 1. The van der Waals surface area contributed by atoms with Crippen LogP contribution in [0.2, 0.25) is 5.02 Å². The van der Waals surface area contributed by atoms with E-state index in [1.54, 1.807) is 19.2 Å². The van der Waals surface area contributed by atoms with Crippen LogP contribution in [0.1, 0.15) is 12.5 Å². The number of hydrogen-bond donors (Lipinski definition) is 2. The maximum atomic E-state index is 10.5. The van der Waals surface area contributed by atoms with Gasteiger partial charge in [-0.05, 0) is 37.1 Å². The van der Waals surface area contributed by atoms with Gasteiger partial charge in [0, 0.05) is 11.6 Å². The molecule has 1 rings (SSSR count). The maximum absolute atomic E-state index is 10.5. The third kappa shape index (κ3) is 4.25. The highest BCUT2D eigenvalue weighted by Gasteiger charge is 2.04. The van der Waals surface area contributed by atoms with Crippen LogP contribution < -0.4 is 10.2 Å². The molecule has 0 atom stereocenters. The van der Waals surface area contributed by atoms with E-state index in [1.807, 2.05) is 6.07 Å². The number of nitrogens with zero attached hydrogens (tertiary/aromatic N) is 1. The van der Waals surface area contributed by atoms with Crippen LogP contribution in [0, 0.1) is 0 Å². The largest absolute Gasteiger partial charge is 0.496 e. The van der Waals surface area contributed by atoms with Crippen LogP contribution in [0.25, 0.3) is 0 Å². The van der Waals surface area contributed by atoms with Gasteiger partial charge >= 0.3 is 5.97 Å². The van der Waals surface area contributed by atoms with Crippen LogP contribution in [0.4, 0.5) is 0 Å². The first-order chi connectivity index (χ1) is 8.54. The normalized spacial score (nSPS) is 11.2. The minimum Gasteiger partial charge on any atom is -0.496 e. The zero-order chi connectivity index (χ0) is 13.5. The zero-order valence-corrected chi connectivity index (χ0v) is 11.0. The van der Waals surface area contributed by atoms with Gasteiger partial charge in [-0.3, -0.25) is 0 Å². The van der Waals surface area contributed by atoms with E-state index in [0.717, 1.165) is 11.3 Å². The van der Waals surface area contributed by atoms with Crippen LogP contribution in [0.15, 0.2) is 23.3 Å². The number of hydrazone groups is 1. The molecule has 0 saturated heterocycles. The van der Waals surface area contributed by atoms with Crippen LogP contribution in [0.3, 0.4) is 0 Å². The molecule has 0 saturated carbocycles. The number of benzene rings is 1. The molecule has 1 aromatic rings. The SMILES string of the molecule is COc1ccc(Cl)cc1CCN/N=C(/C)C(=O)O. The minimum atomic E-state index is -1.04. The quantitative estimate of drug-likeness (QED) is 0.471. The molecule has 0 unspecified atom stereocenters. The van der Waals surface area contributed by atoms with E-state index in [2.05, 4.69) is 10.5 Å². The minimum absolute atomic E-state index is 0.0214. The van der Waals surface area contributed by atoms with E-state index < -0.39 is 5.97 Å². The number of aliphatic carboxylic acids is 1. The Morgan fingerprint density at radius 3 is 2.89 bits per heavy atom. The molecule has 0 fully saturated rings. The Balaban J connectivity index is 2.56. The van der Waals surface area contributed by atoms with Gasteiger partial charge in [-0.1, -0.05) is 11.6 Å². The molecule has 5 nitrogen and oxygen atoms in total. The molecule has 6 heteroatoms. The smallest absolute Gasteiger partial charge is 0.351 e. The first-order valence-corrected chi connectivity index (χ1v) is 5.75. The van der Waals surface area contributed by atoms with Gasteiger partial charge in [0.1, 0.15) is 11.5 Å². The number of rotatable bonds is 6. The number of methoxy groups -OCH3 is 1. The molecule has 0 spiro atoms. The standard InChI is InChI=1S/C12H15ClN2O3/c1-8(12(16)17)15-14-6-5-9-7-10(13)3-4-11(9)18-2/h3-4,7,14H,5-6H2,1-2H3,(H,16,17)/b15-8-. The lowest BCUT2D eigenvalue weighted by molar-refractivity contribution is -0.129. The third-order valence-corrected chi connectivity index (χ3v) is 2.54. The average molecular weight is 271 g/mol. The molecule has 0 amide bonds. The fourth-order valence-corrected chi connectivity index (χ4v) is 1.55. The summed E-state index contributed by atoms with van der Waals surface area (Å²) in [5.41, 5.74) is 3.66. The van der Waals surface area contributed by atoms with Crippen LogP contribution >= 0.6 is 11.6 Å². The van der Waals surface area contributed by atoms with E-state index in [9.17, 15) is 4.79 Å². The summed E-state index contributed by atoms with van der Waals surface area (Å²) < 4.78 is 5.20. The Kier molecular flexibility index (Phi) is 5.45. The molecule has 0 bridgehead atoms. The number of carbonyl (C=O) groups is 1. The fourth-order valence-electron chi connectivity index (χ4n) is 1.36. The molecule has 0 aliphatic rings. The number of nitrogens with one attached hydrogen (secondary N) is 1. The highest BCUT2D eigenvalue weighted by atomic mass is 35.5. The van der Waals surface area contributed by atoms with Gasteiger partial charge in [0.25, 0.3) is 0 Å². The highest BCUT2D eigenvalue weighted by molar-refractivity contribution is 6.34. The van der Waals surface area contributed by atoms with Crippen molar-refractivity contribution in [3.8, 4) is 5.75 Å². The summed E-state index contributed by atoms with van der Waals surface area (Å²) in [4.78, 5) is 10.5. The molecular weight excluding hydrogens is 256 g/mol. The maximum Gasteiger partial charge on any atom is 0.351 e. The van der Waals surface area contributed by atoms with Gasteiger partial charge < -0.3 is 15.3 Å². The average Bonchev–Trinajstić information content (AvgIpc) is 2.34. The molecule has 98 valence electrons. The third-order valence-electron chi connectivity index (χ3n) is 2.30. The molecule has 0 radical (unpaired) electrons. The van der Waals surface area contributed by atoms with Gasteiger partial charge in [-0.15, -0.1) is 0 Å². The molecule has 0 aliphatic carbocycles. The number of carboxylic acid groups (broad SMARTS) is 1. The van der Waals surface area contributed by atoms with Crippen molar-refractivity contribution in [2.24, 2.45) is 5.10 Å². The molecule has 18 heavy (non-hydrogen) atoms. The van der Waals surface area contributed by atoms with Gasteiger partial charge in [-0.25, -0.2) is 4.79 Å². The van der Waals surface area contributed by atoms with Crippen LogP contribution in [-0.4, -0.2) is 30.4 Å². The highest BCUT2D eigenvalue weighted by Crippen LogP contribution is 2.22. The van der Waals surface area contributed by atoms with Gasteiger partial charge in [0.2, 0.25) is 0 Å². The molecule has 2 N–H and O–H groups in total. The molecule has 1 aromatic carbocycles. The number of ether oxygens (including phenoxy) is 1. The van der Waals surface area contributed by atoms with Crippen molar-refractivity contribution < 1.29 is 14.6 Å². The van der Waals surface area contributed by atoms with Crippen LogP contribution in [-0.2, 0) is 11.2 Å². The summed E-state index contributed by atoms with van der Waals surface area (Å²) >= 11 is 5.90. The van der Waals surface area contributed by atoms with Crippen molar-refractivity contribution in [3.05, 3.63) is 28.8 Å². The van der Waals surface area contributed by atoms with Crippen molar-refractivity contribution in [3.63, 3.8) is 0 Å². The Bertz CT molecular complexity index is 461. The van der Waals surface area contributed by atoms with Crippen molar-refractivity contribution in [2.45, 2.75) is 13.3 Å². The zero-order valence-electron chi connectivity index (χ0n) is 10.2. The van der Waals surface area contributed by atoms with E-state index in [0.29, 0.717) is 18.0 Å². The lowest BCUT2D eigenvalue weighted by atomic mass is 10.1. The fraction of sp³-hybridized carbons (Fsp3) is 0.333. The summed E-state index contributed by atoms with van der Waals surface area (Å²) in [6.45, 7) is 1.93. The van der Waals surface area contributed by atoms with E-state index in [4.69, 9.17) is 21.4 Å². The van der Waals surface area contributed by atoms with Crippen LogP contribution in [0.5, 0.6) is 5.75 Å². The summed E-state index contributed by atoms with van der Waals surface area (Å²) in [7, 11) is 1.59. The van der Waals surface area contributed by atoms with Crippen molar-refractivity contribution >= 4 is 23.3 Å².